The number of carbonyl (C=O) groups is 1. The number of rotatable bonds is 6. The van der Waals surface area contributed by atoms with Gasteiger partial charge in [0.2, 0.25) is 0 Å². The monoisotopic (exact) mass is 254 g/mol. The second-order valence-corrected chi connectivity index (χ2v) is 7.81. The quantitative estimate of drug-likeness (QED) is 0.411. The van der Waals surface area contributed by atoms with Gasteiger partial charge in [0.05, 0.1) is 12.0 Å². The van der Waals surface area contributed by atoms with Gasteiger partial charge in [0.25, 0.3) is 0 Å². The van der Waals surface area contributed by atoms with E-state index in [0.717, 1.165) is 19.3 Å². The molecule has 0 amide bonds. The van der Waals surface area contributed by atoms with Gasteiger partial charge >= 0.3 is 5.97 Å². The van der Waals surface area contributed by atoms with Crippen LogP contribution in [0.2, 0.25) is 5.31 Å². The highest BCUT2D eigenvalue weighted by Crippen LogP contribution is 2.50. The van der Waals surface area contributed by atoms with E-state index in [1.165, 1.54) is 0 Å². The van der Waals surface area contributed by atoms with E-state index in [4.69, 9.17) is 4.74 Å². The first kappa shape index (κ1) is 17.5. The fourth-order valence-corrected chi connectivity index (χ4v) is 2.17. The molecule has 3 heteroatoms. The van der Waals surface area contributed by atoms with E-state index in [1.807, 2.05) is 6.92 Å². The third-order valence-electron chi connectivity index (χ3n) is 3.72. The first-order valence-electron chi connectivity index (χ1n) is 7.11. The van der Waals surface area contributed by atoms with Gasteiger partial charge in [-0.3, -0.25) is 4.79 Å². The third kappa shape index (κ3) is 5.03. The van der Waals surface area contributed by atoms with Crippen LogP contribution in [-0.2, 0) is 9.53 Å². The Labute approximate surface area is 114 Å². The Bertz CT molecular complexity index is 273. The van der Waals surface area contributed by atoms with Crippen LogP contribution in [0.25, 0.3) is 0 Å². The fraction of sp³-hybridized carbons (Fsp3) is 0.933. The van der Waals surface area contributed by atoms with Gasteiger partial charge < -0.3 is 4.74 Å². The van der Waals surface area contributed by atoms with E-state index in [0.29, 0.717) is 6.61 Å². The molecule has 0 heterocycles. The lowest BCUT2D eigenvalue weighted by atomic mass is 9.51. The van der Waals surface area contributed by atoms with Gasteiger partial charge in [-0.2, -0.15) is 0 Å². The zero-order valence-corrected chi connectivity index (χ0v) is 13.6. The number of hydrogen-bond acceptors (Lipinski definition) is 2. The fourth-order valence-electron chi connectivity index (χ4n) is 2.17. The van der Waals surface area contributed by atoms with Crippen molar-refractivity contribution in [1.82, 2.24) is 0 Å². The number of unbranched alkanes of at least 4 members (excludes halogenated alkanes) is 1. The molecule has 106 valence electrons. The molecule has 0 aromatic carbocycles. The Hall–Kier alpha value is -0.465. The number of esters is 1. The highest BCUT2D eigenvalue weighted by atomic mass is 16.5. The smallest absolute Gasteiger partial charge is 0.311 e. The third-order valence-corrected chi connectivity index (χ3v) is 3.72. The SMILES string of the molecule is BC(C)(C)C(C)(CC(C)(C)C)C(=O)OCCCC. The average Bonchev–Trinajstić information content (AvgIpc) is 2.13. The Balaban J connectivity index is 4.94. The van der Waals surface area contributed by atoms with Gasteiger partial charge in [0.1, 0.15) is 7.85 Å². The predicted octanol–water partition coefficient (Wildman–Crippen LogP) is 3.60. The minimum absolute atomic E-state index is 0.0432. The highest BCUT2D eigenvalue weighted by molar-refractivity contribution is 6.17. The summed E-state index contributed by atoms with van der Waals surface area (Å²) in [5.74, 6) is -0.0432. The van der Waals surface area contributed by atoms with Crippen molar-refractivity contribution in [3.63, 3.8) is 0 Å². The molecule has 0 aliphatic carbocycles. The molecule has 0 fully saturated rings. The molecule has 0 spiro atoms. The van der Waals surface area contributed by atoms with Gasteiger partial charge in [0, 0.05) is 0 Å². The van der Waals surface area contributed by atoms with Gasteiger partial charge in [0.15, 0.2) is 0 Å². The molecule has 0 aliphatic rings. The van der Waals surface area contributed by atoms with Crippen molar-refractivity contribution < 1.29 is 9.53 Å². The van der Waals surface area contributed by atoms with Crippen molar-refractivity contribution in [2.45, 2.75) is 73.0 Å². The maximum absolute atomic E-state index is 12.4. The van der Waals surface area contributed by atoms with Crippen molar-refractivity contribution in [1.29, 1.82) is 0 Å². The summed E-state index contributed by atoms with van der Waals surface area (Å²) in [6.45, 7) is 15.5. The molecule has 0 rings (SSSR count). The Morgan fingerprint density at radius 2 is 1.61 bits per heavy atom. The summed E-state index contributed by atoms with van der Waals surface area (Å²) in [5, 5.41) is -0.0937. The first-order chi connectivity index (χ1) is 7.94. The first-order valence-corrected chi connectivity index (χ1v) is 7.11. The zero-order chi connectivity index (χ0) is 14.6. The Morgan fingerprint density at radius 3 is 1.94 bits per heavy atom. The molecule has 0 saturated heterocycles. The van der Waals surface area contributed by atoms with Gasteiger partial charge in [-0.05, 0) is 30.5 Å². The van der Waals surface area contributed by atoms with Crippen molar-refractivity contribution >= 4 is 13.8 Å². The number of ether oxygens (including phenoxy) is 1. The van der Waals surface area contributed by atoms with Crippen molar-refractivity contribution in [2.24, 2.45) is 10.8 Å². The van der Waals surface area contributed by atoms with E-state index in [2.05, 4.69) is 49.4 Å². The van der Waals surface area contributed by atoms with E-state index in [-0.39, 0.29) is 16.7 Å². The van der Waals surface area contributed by atoms with Crippen LogP contribution in [0.4, 0.5) is 0 Å². The van der Waals surface area contributed by atoms with E-state index in [9.17, 15) is 4.79 Å². The summed E-state index contributed by atoms with van der Waals surface area (Å²) in [6, 6.07) is 0. The standard InChI is InChI=1S/C15H31BO2/c1-8-9-10-18-12(17)15(7,14(5,6)16)11-13(2,3)4/h8-11,16H2,1-7H3. The Kier molecular flexibility index (Phi) is 5.96. The lowest BCUT2D eigenvalue weighted by Gasteiger charge is -2.43. The summed E-state index contributed by atoms with van der Waals surface area (Å²) < 4.78 is 5.48. The Morgan fingerprint density at radius 1 is 1.11 bits per heavy atom. The maximum atomic E-state index is 12.4. The maximum Gasteiger partial charge on any atom is 0.311 e. The largest absolute Gasteiger partial charge is 0.465 e. The van der Waals surface area contributed by atoms with Gasteiger partial charge in [-0.25, -0.2) is 0 Å². The summed E-state index contributed by atoms with van der Waals surface area (Å²) in [4.78, 5) is 12.4. The van der Waals surface area contributed by atoms with Crippen LogP contribution >= 0.6 is 0 Å². The summed E-state index contributed by atoms with van der Waals surface area (Å²) in [7, 11) is 2.12. The minimum atomic E-state index is -0.432. The van der Waals surface area contributed by atoms with Crippen LogP contribution in [0.15, 0.2) is 0 Å². The molecule has 0 N–H and O–H groups in total. The average molecular weight is 254 g/mol. The summed E-state index contributed by atoms with van der Waals surface area (Å²) >= 11 is 0. The summed E-state index contributed by atoms with van der Waals surface area (Å²) in [5.41, 5.74) is -0.315. The van der Waals surface area contributed by atoms with Crippen LogP contribution in [0.5, 0.6) is 0 Å². The molecule has 18 heavy (non-hydrogen) atoms. The minimum Gasteiger partial charge on any atom is -0.465 e. The molecule has 0 aliphatic heterocycles. The van der Waals surface area contributed by atoms with Crippen LogP contribution < -0.4 is 0 Å². The van der Waals surface area contributed by atoms with Gasteiger partial charge in [-0.1, -0.05) is 48.0 Å². The normalized spacial score (nSPS) is 16.2. The second-order valence-electron chi connectivity index (χ2n) is 7.81. The second kappa shape index (κ2) is 6.12. The molecular formula is C15H31BO2. The van der Waals surface area contributed by atoms with Crippen LogP contribution in [0.3, 0.4) is 0 Å². The van der Waals surface area contributed by atoms with Crippen molar-refractivity contribution in [2.75, 3.05) is 6.61 Å². The lowest BCUT2D eigenvalue weighted by molar-refractivity contribution is -0.159. The van der Waals surface area contributed by atoms with E-state index >= 15 is 0 Å². The summed E-state index contributed by atoms with van der Waals surface area (Å²) in [6.07, 6.45) is 2.84. The van der Waals surface area contributed by atoms with Crippen LogP contribution in [0, 0.1) is 10.8 Å². The predicted molar refractivity (Wildman–Crippen MR) is 80.6 cm³/mol. The molecule has 0 radical (unpaired) electrons. The van der Waals surface area contributed by atoms with Crippen LogP contribution in [0.1, 0.15) is 67.7 Å². The molecule has 0 bridgehead atoms. The van der Waals surface area contributed by atoms with E-state index in [1.54, 1.807) is 0 Å². The number of hydrogen-bond donors (Lipinski definition) is 0. The molecule has 0 saturated carbocycles. The molecular weight excluding hydrogens is 223 g/mol. The van der Waals surface area contributed by atoms with Crippen molar-refractivity contribution in [3.05, 3.63) is 0 Å². The zero-order valence-electron chi connectivity index (χ0n) is 13.6. The molecule has 1 atom stereocenters. The van der Waals surface area contributed by atoms with Gasteiger partial charge in [-0.15, -0.1) is 0 Å². The van der Waals surface area contributed by atoms with Crippen LogP contribution in [-0.4, -0.2) is 20.4 Å². The van der Waals surface area contributed by atoms with E-state index < -0.39 is 5.41 Å². The van der Waals surface area contributed by atoms with Crippen molar-refractivity contribution in [3.8, 4) is 0 Å². The molecule has 0 aromatic rings. The highest BCUT2D eigenvalue weighted by Gasteiger charge is 2.47. The topological polar surface area (TPSA) is 26.3 Å². The molecule has 0 aromatic heterocycles. The lowest BCUT2D eigenvalue weighted by Crippen LogP contribution is -2.42. The number of carbonyl (C=O) groups excluding carboxylic acids is 1. The molecule has 2 nitrogen and oxygen atoms in total. The molecule has 1 unspecified atom stereocenters.